The summed E-state index contributed by atoms with van der Waals surface area (Å²) in [7, 11) is 0. The number of hydrogen-bond donors (Lipinski definition) is 1. The van der Waals surface area contributed by atoms with Crippen molar-refractivity contribution in [2.45, 2.75) is 52.6 Å². The average molecular weight is 300 g/mol. The fraction of sp³-hybridized carbons (Fsp3) is 0.714. The summed E-state index contributed by atoms with van der Waals surface area (Å²) in [4.78, 5) is 25.5. The van der Waals surface area contributed by atoms with Gasteiger partial charge >= 0.3 is 4.87 Å². The van der Waals surface area contributed by atoms with E-state index in [9.17, 15) is 9.59 Å². The Morgan fingerprint density at radius 1 is 1.45 bits per heavy atom. The van der Waals surface area contributed by atoms with Crippen molar-refractivity contribution in [3.8, 4) is 0 Å². The van der Waals surface area contributed by atoms with E-state index in [0.29, 0.717) is 32.4 Å². The van der Waals surface area contributed by atoms with Gasteiger partial charge in [-0.3, -0.25) is 9.59 Å². The monoisotopic (exact) mass is 300 g/mol. The fourth-order valence-electron chi connectivity index (χ4n) is 2.12. The van der Waals surface area contributed by atoms with Crippen LogP contribution in [0.15, 0.2) is 10.2 Å². The van der Waals surface area contributed by atoms with Crippen LogP contribution < -0.4 is 4.87 Å². The first-order valence-corrected chi connectivity index (χ1v) is 7.90. The first-order chi connectivity index (χ1) is 9.47. The molecule has 1 N–H and O–H groups in total. The lowest BCUT2D eigenvalue weighted by Crippen LogP contribution is -2.38. The number of hydrogen-bond acceptors (Lipinski definition) is 4. The van der Waals surface area contributed by atoms with Crippen molar-refractivity contribution in [3.05, 3.63) is 20.7 Å². The SMILES string of the molecule is Cc1csc(=O)n1CCCC(=O)N(CCCO)C(C)C. The Kier molecular flexibility index (Phi) is 6.95. The highest BCUT2D eigenvalue weighted by atomic mass is 32.1. The van der Waals surface area contributed by atoms with Crippen molar-refractivity contribution in [3.63, 3.8) is 0 Å². The number of carbonyl (C=O) groups excluding carboxylic acids is 1. The van der Waals surface area contributed by atoms with E-state index in [2.05, 4.69) is 0 Å². The standard InChI is InChI=1S/C14H24N2O3S/c1-11(2)15(8-5-9-17)13(18)6-4-7-16-12(3)10-20-14(16)19/h10-11,17H,4-9H2,1-3H3. The van der Waals surface area contributed by atoms with E-state index in [-0.39, 0.29) is 23.4 Å². The van der Waals surface area contributed by atoms with Crippen LogP contribution in [0, 0.1) is 6.92 Å². The lowest BCUT2D eigenvalue weighted by molar-refractivity contribution is -0.133. The first kappa shape index (κ1) is 16.9. The number of aliphatic hydroxyl groups is 1. The van der Waals surface area contributed by atoms with Crippen LogP contribution >= 0.6 is 11.3 Å². The van der Waals surface area contributed by atoms with E-state index in [0.717, 1.165) is 5.69 Å². The maximum atomic E-state index is 12.1. The van der Waals surface area contributed by atoms with Crippen LogP contribution in [0.5, 0.6) is 0 Å². The van der Waals surface area contributed by atoms with E-state index in [1.807, 2.05) is 26.2 Å². The fourth-order valence-corrected chi connectivity index (χ4v) is 2.88. The Morgan fingerprint density at radius 3 is 2.65 bits per heavy atom. The van der Waals surface area contributed by atoms with Crippen molar-refractivity contribution in [1.82, 2.24) is 9.47 Å². The zero-order valence-electron chi connectivity index (χ0n) is 12.5. The second-order valence-corrected chi connectivity index (χ2v) is 5.98. The van der Waals surface area contributed by atoms with Crippen molar-refractivity contribution in [2.24, 2.45) is 0 Å². The van der Waals surface area contributed by atoms with E-state index >= 15 is 0 Å². The summed E-state index contributed by atoms with van der Waals surface area (Å²) in [5, 5.41) is 10.7. The highest BCUT2D eigenvalue weighted by Gasteiger charge is 2.16. The Labute approximate surface area is 123 Å². The van der Waals surface area contributed by atoms with Crippen molar-refractivity contribution >= 4 is 17.2 Å². The van der Waals surface area contributed by atoms with Gasteiger partial charge in [0.1, 0.15) is 0 Å². The van der Waals surface area contributed by atoms with Crippen LogP contribution in [0.3, 0.4) is 0 Å². The maximum absolute atomic E-state index is 12.1. The smallest absolute Gasteiger partial charge is 0.307 e. The number of rotatable bonds is 8. The molecule has 1 heterocycles. The van der Waals surface area contributed by atoms with Gasteiger partial charge in [0, 0.05) is 43.2 Å². The topological polar surface area (TPSA) is 62.5 Å². The van der Waals surface area contributed by atoms with Crippen molar-refractivity contribution in [2.75, 3.05) is 13.2 Å². The van der Waals surface area contributed by atoms with Crippen LogP contribution in [0.4, 0.5) is 0 Å². The van der Waals surface area contributed by atoms with Gasteiger partial charge < -0.3 is 14.6 Å². The van der Waals surface area contributed by atoms with Crippen molar-refractivity contribution < 1.29 is 9.90 Å². The van der Waals surface area contributed by atoms with Crippen LogP contribution in [-0.2, 0) is 11.3 Å². The normalized spacial score (nSPS) is 11.1. The number of amides is 1. The molecule has 5 nitrogen and oxygen atoms in total. The molecule has 1 amide bonds. The van der Waals surface area contributed by atoms with Gasteiger partial charge in [0.25, 0.3) is 0 Å². The molecule has 0 atom stereocenters. The van der Waals surface area contributed by atoms with E-state index in [1.165, 1.54) is 11.3 Å². The Bertz CT molecular complexity index is 479. The lowest BCUT2D eigenvalue weighted by atomic mass is 10.2. The number of carbonyl (C=O) groups is 1. The maximum Gasteiger partial charge on any atom is 0.307 e. The zero-order chi connectivity index (χ0) is 15.1. The molecule has 1 aromatic rings. The minimum absolute atomic E-state index is 0.0379. The highest BCUT2D eigenvalue weighted by Crippen LogP contribution is 2.07. The number of aryl methyl sites for hydroxylation is 1. The van der Waals surface area contributed by atoms with Gasteiger partial charge in [-0.1, -0.05) is 11.3 Å². The largest absolute Gasteiger partial charge is 0.396 e. The Balaban J connectivity index is 2.47. The van der Waals surface area contributed by atoms with E-state index < -0.39 is 0 Å². The first-order valence-electron chi connectivity index (χ1n) is 7.02. The van der Waals surface area contributed by atoms with Crippen LogP contribution in [0.25, 0.3) is 0 Å². The van der Waals surface area contributed by atoms with Crippen molar-refractivity contribution in [1.29, 1.82) is 0 Å². The summed E-state index contributed by atoms with van der Waals surface area (Å²) in [6.07, 6.45) is 1.71. The molecule has 6 heteroatoms. The van der Waals surface area contributed by atoms with Gasteiger partial charge in [-0.15, -0.1) is 0 Å². The minimum atomic E-state index is 0.0379. The third-order valence-electron chi connectivity index (χ3n) is 3.25. The summed E-state index contributed by atoms with van der Waals surface area (Å²) < 4.78 is 1.71. The zero-order valence-corrected chi connectivity index (χ0v) is 13.3. The van der Waals surface area contributed by atoms with E-state index in [1.54, 1.807) is 9.47 Å². The number of nitrogens with zero attached hydrogens (tertiary/aromatic N) is 2. The quantitative estimate of drug-likeness (QED) is 0.793. The third-order valence-corrected chi connectivity index (χ3v) is 4.13. The van der Waals surface area contributed by atoms with E-state index in [4.69, 9.17) is 5.11 Å². The Morgan fingerprint density at radius 2 is 2.15 bits per heavy atom. The molecule has 0 spiro atoms. The molecule has 0 aliphatic rings. The molecule has 0 saturated carbocycles. The molecule has 0 bridgehead atoms. The van der Waals surface area contributed by atoms with Crippen LogP contribution in [0.1, 0.15) is 38.8 Å². The molecule has 0 aliphatic heterocycles. The predicted octanol–water partition coefficient (Wildman–Crippen LogP) is 1.62. The summed E-state index contributed by atoms with van der Waals surface area (Å²) in [5.41, 5.74) is 0.952. The second-order valence-electron chi connectivity index (χ2n) is 5.16. The summed E-state index contributed by atoms with van der Waals surface area (Å²) in [5.74, 6) is 0.0920. The molecule has 0 fully saturated rings. The predicted molar refractivity (Wildman–Crippen MR) is 81.1 cm³/mol. The molecule has 0 aliphatic carbocycles. The molecule has 20 heavy (non-hydrogen) atoms. The van der Waals surface area contributed by atoms with Gasteiger partial charge in [0.15, 0.2) is 0 Å². The number of aromatic nitrogens is 1. The molecule has 0 aromatic carbocycles. The molecule has 1 rings (SSSR count). The average Bonchev–Trinajstić information content (AvgIpc) is 2.70. The van der Waals surface area contributed by atoms with Gasteiger partial charge in [0.05, 0.1) is 0 Å². The van der Waals surface area contributed by atoms with Gasteiger partial charge in [0.2, 0.25) is 5.91 Å². The minimum Gasteiger partial charge on any atom is -0.396 e. The molecule has 0 saturated heterocycles. The summed E-state index contributed by atoms with van der Waals surface area (Å²) in [6, 6.07) is 0.139. The molecular formula is C14H24N2O3S. The molecule has 114 valence electrons. The molecule has 0 radical (unpaired) electrons. The van der Waals surface area contributed by atoms with Gasteiger partial charge in [-0.05, 0) is 33.6 Å². The number of aliphatic hydroxyl groups excluding tert-OH is 1. The lowest BCUT2D eigenvalue weighted by Gasteiger charge is -2.26. The molecule has 0 unspecified atom stereocenters. The Hall–Kier alpha value is -1.14. The second kappa shape index (κ2) is 8.21. The van der Waals surface area contributed by atoms with Crippen LogP contribution in [0.2, 0.25) is 0 Å². The summed E-state index contributed by atoms with van der Waals surface area (Å²) in [6.45, 7) is 7.13. The highest BCUT2D eigenvalue weighted by molar-refractivity contribution is 7.07. The third kappa shape index (κ3) is 4.76. The molecular weight excluding hydrogens is 276 g/mol. The van der Waals surface area contributed by atoms with Gasteiger partial charge in [-0.2, -0.15) is 0 Å². The van der Waals surface area contributed by atoms with Gasteiger partial charge in [-0.25, -0.2) is 0 Å². The molecule has 1 aromatic heterocycles. The number of thiazole rings is 1. The summed E-state index contributed by atoms with van der Waals surface area (Å²) >= 11 is 1.20. The van der Waals surface area contributed by atoms with Crippen LogP contribution in [-0.4, -0.2) is 39.7 Å².